The molecule has 10 nitrogen and oxygen atoms in total. The number of benzene rings is 1. The van der Waals surface area contributed by atoms with Gasteiger partial charge in [0.2, 0.25) is 17.8 Å². The van der Waals surface area contributed by atoms with Gasteiger partial charge in [0.05, 0.1) is 17.7 Å². The monoisotopic (exact) mass is 552 g/mol. The first-order chi connectivity index (χ1) is 17.3. The number of rotatable bonds is 4. The fourth-order valence-electron chi connectivity index (χ4n) is 5.11. The van der Waals surface area contributed by atoms with E-state index in [1.165, 1.54) is 6.07 Å². The van der Waals surface area contributed by atoms with Crippen LogP contribution in [-0.4, -0.2) is 60.7 Å². The molecule has 2 aliphatic rings. The predicted molar refractivity (Wildman–Crippen MR) is 134 cm³/mol. The van der Waals surface area contributed by atoms with Crippen LogP contribution in [0, 0.1) is 11.2 Å². The lowest BCUT2D eigenvalue weighted by atomic mass is 9.87. The van der Waals surface area contributed by atoms with Gasteiger partial charge >= 0.3 is 0 Å². The van der Waals surface area contributed by atoms with E-state index >= 15 is 0 Å². The molecule has 1 aliphatic carbocycles. The molecule has 0 radical (unpaired) electrons. The van der Waals surface area contributed by atoms with Crippen molar-refractivity contribution in [1.82, 2.24) is 34.9 Å². The van der Waals surface area contributed by atoms with Gasteiger partial charge in [-0.3, -0.25) is 14.6 Å². The van der Waals surface area contributed by atoms with Gasteiger partial charge in [-0.1, -0.05) is 13.0 Å². The summed E-state index contributed by atoms with van der Waals surface area (Å²) in [7, 11) is 0. The zero-order chi connectivity index (χ0) is 25.0. The van der Waals surface area contributed by atoms with Gasteiger partial charge in [0.25, 0.3) is 0 Å². The average molecular weight is 553 g/mol. The highest BCUT2D eigenvalue weighted by atomic mass is 79.9. The van der Waals surface area contributed by atoms with Gasteiger partial charge in [-0.2, -0.15) is 10.1 Å². The Bertz CT molecular complexity index is 1540. The second-order valence-electron chi connectivity index (χ2n) is 9.54. The number of nitrogens with one attached hydrogen (secondary N) is 2. The molecular formula is C24H22BrFN8O2. The number of carbonyl (C=O) groups is 2. The quantitative estimate of drug-likeness (QED) is 0.399. The molecule has 1 aromatic carbocycles. The Morgan fingerprint density at radius 2 is 2.19 bits per heavy atom. The molecule has 1 aliphatic heterocycles. The van der Waals surface area contributed by atoms with Crippen LogP contribution in [0.4, 0.5) is 10.3 Å². The summed E-state index contributed by atoms with van der Waals surface area (Å²) < 4.78 is 16.9. The molecule has 12 heteroatoms. The molecule has 36 heavy (non-hydrogen) atoms. The molecule has 2 atom stereocenters. The lowest BCUT2D eigenvalue weighted by Crippen LogP contribution is -2.41. The van der Waals surface area contributed by atoms with Gasteiger partial charge in [-0.25, -0.2) is 14.1 Å². The molecule has 0 spiro atoms. The van der Waals surface area contributed by atoms with Crippen molar-refractivity contribution in [3.63, 3.8) is 0 Å². The number of aromatic nitrogens is 5. The van der Waals surface area contributed by atoms with Crippen molar-refractivity contribution in [2.24, 2.45) is 5.41 Å². The smallest absolute Gasteiger partial charge is 0.241 e. The standard InChI is InChI=1S/C24H22BrFN8O2/c1-24(22(36)33-11-18(35)29-12-33)5-4-14(9-24)30-23-28-10-16-20(25)32-34(21(16)31-23)15-7-13-3-2-6-27-19(13)17(26)8-15/h2-3,6-8,10,14H,4-5,9,11-12H2,1H3,(H,29,35)(H,28,30,31)/t14-,24-/m1/s1. The number of halogens is 2. The summed E-state index contributed by atoms with van der Waals surface area (Å²) in [4.78, 5) is 39.4. The van der Waals surface area contributed by atoms with Gasteiger partial charge in [-0.15, -0.1) is 0 Å². The number of pyridine rings is 1. The van der Waals surface area contributed by atoms with Crippen LogP contribution < -0.4 is 10.6 Å². The third-order valence-corrected chi connectivity index (χ3v) is 7.53. The van der Waals surface area contributed by atoms with Crippen LogP contribution >= 0.6 is 15.9 Å². The van der Waals surface area contributed by atoms with E-state index in [9.17, 15) is 14.0 Å². The average Bonchev–Trinajstić information content (AvgIpc) is 3.56. The van der Waals surface area contributed by atoms with E-state index in [2.05, 4.69) is 46.6 Å². The molecule has 4 heterocycles. The maximum absolute atomic E-state index is 14.7. The number of fused-ring (bicyclic) bond motifs is 2. The van der Waals surface area contributed by atoms with Crippen LogP contribution in [0.1, 0.15) is 26.2 Å². The third kappa shape index (κ3) is 3.85. The Hall–Kier alpha value is -3.67. The number of carbonyl (C=O) groups excluding carboxylic acids is 2. The Morgan fingerprint density at radius 1 is 1.33 bits per heavy atom. The molecule has 0 bridgehead atoms. The third-order valence-electron chi connectivity index (χ3n) is 6.95. The molecule has 4 aromatic rings. The summed E-state index contributed by atoms with van der Waals surface area (Å²) in [6.07, 6.45) is 5.29. The van der Waals surface area contributed by atoms with Gasteiger partial charge in [0.15, 0.2) is 11.5 Å². The van der Waals surface area contributed by atoms with E-state index in [1.54, 1.807) is 34.1 Å². The molecular weight excluding hydrogens is 531 g/mol. The summed E-state index contributed by atoms with van der Waals surface area (Å²) in [6, 6.07) is 6.74. The normalized spacial score (nSPS) is 21.9. The van der Waals surface area contributed by atoms with Crippen molar-refractivity contribution in [2.45, 2.75) is 32.2 Å². The highest BCUT2D eigenvalue weighted by Crippen LogP contribution is 2.40. The first-order valence-electron chi connectivity index (χ1n) is 11.6. The summed E-state index contributed by atoms with van der Waals surface area (Å²) >= 11 is 3.45. The number of anilines is 1. The zero-order valence-corrected chi connectivity index (χ0v) is 20.9. The van der Waals surface area contributed by atoms with Crippen molar-refractivity contribution in [3.8, 4) is 5.69 Å². The maximum Gasteiger partial charge on any atom is 0.241 e. The SMILES string of the molecule is C[C@@]1(C(=O)N2CNC(=O)C2)CC[C@@H](Nc2ncc3c(Br)nn(-c4cc(F)c5ncccc5c4)c3n2)C1. The summed E-state index contributed by atoms with van der Waals surface area (Å²) in [5.41, 5.74) is 0.763. The molecule has 6 rings (SSSR count). The van der Waals surface area contributed by atoms with Gasteiger partial charge in [-0.05, 0) is 47.3 Å². The van der Waals surface area contributed by atoms with E-state index in [0.29, 0.717) is 51.0 Å². The highest BCUT2D eigenvalue weighted by Gasteiger charge is 2.44. The van der Waals surface area contributed by atoms with Crippen molar-refractivity contribution in [3.05, 3.63) is 47.1 Å². The second kappa shape index (κ2) is 8.47. The number of hydrogen-bond donors (Lipinski definition) is 2. The van der Waals surface area contributed by atoms with E-state index < -0.39 is 11.2 Å². The van der Waals surface area contributed by atoms with Crippen molar-refractivity contribution in [2.75, 3.05) is 18.5 Å². The topological polar surface area (TPSA) is 118 Å². The van der Waals surface area contributed by atoms with E-state index in [0.717, 1.165) is 6.42 Å². The van der Waals surface area contributed by atoms with Gasteiger partial charge in [0.1, 0.15) is 16.7 Å². The predicted octanol–water partition coefficient (Wildman–Crippen LogP) is 3.15. The number of nitrogens with zero attached hydrogens (tertiary/aromatic N) is 6. The Kier molecular flexibility index (Phi) is 5.36. The second-order valence-corrected chi connectivity index (χ2v) is 10.3. The molecule has 2 amide bonds. The summed E-state index contributed by atoms with van der Waals surface area (Å²) in [6.45, 7) is 2.31. The van der Waals surface area contributed by atoms with Crippen molar-refractivity contribution >= 4 is 55.6 Å². The first-order valence-corrected chi connectivity index (χ1v) is 12.4. The minimum Gasteiger partial charge on any atom is -0.351 e. The van der Waals surface area contributed by atoms with Crippen LogP contribution in [0.3, 0.4) is 0 Å². The summed E-state index contributed by atoms with van der Waals surface area (Å²) in [5.74, 6) is -0.193. The van der Waals surface area contributed by atoms with Gasteiger partial charge < -0.3 is 15.5 Å². The van der Waals surface area contributed by atoms with Crippen LogP contribution in [-0.2, 0) is 9.59 Å². The van der Waals surface area contributed by atoms with Crippen LogP contribution in [0.15, 0.2) is 41.3 Å². The Balaban J connectivity index is 1.27. The molecule has 2 fully saturated rings. The van der Waals surface area contributed by atoms with Crippen molar-refractivity contribution < 1.29 is 14.0 Å². The highest BCUT2D eigenvalue weighted by molar-refractivity contribution is 9.10. The molecule has 3 aromatic heterocycles. The van der Waals surface area contributed by atoms with Crippen LogP contribution in [0.2, 0.25) is 0 Å². The van der Waals surface area contributed by atoms with Crippen LogP contribution in [0.25, 0.3) is 27.6 Å². The zero-order valence-electron chi connectivity index (χ0n) is 19.3. The minimum absolute atomic E-state index is 0.00772. The molecule has 2 N–H and O–H groups in total. The molecule has 1 saturated heterocycles. The lowest BCUT2D eigenvalue weighted by molar-refractivity contribution is -0.140. The van der Waals surface area contributed by atoms with Gasteiger partial charge in [0, 0.05) is 35.3 Å². The fourth-order valence-corrected chi connectivity index (χ4v) is 5.55. The largest absolute Gasteiger partial charge is 0.351 e. The first kappa shape index (κ1) is 22.8. The minimum atomic E-state index is -0.560. The molecule has 184 valence electrons. The molecule has 1 saturated carbocycles. The Labute approximate surface area is 213 Å². The van der Waals surface area contributed by atoms with Crippen LogP contribution in [0.5, 0.6) is 0 Å². The summed E-state index contributed by atoms with van der Waals surface area (Å²) in [5, 5.41) is 11.9. The lowest BCUT2D eigenvalue weighted by Gasteiger charge is -2.27. The maximum atomic E-state index is 14.7. The Morgan fingerprint density at radius 3 is 3.00 bits per heavy atom. The number of amides is 2. The number of hydrogen-bond acceptors (Lipinski definition) is 7. The fraction of sp³-hybridized carbons (Fsp3) is 0.333. The van der Waals surface area contributed by atoms with E-state index in [4.69, 9.17) is 0 Å². The molecule has 0 unspecified atom stereocenters. The van der Waals surface area contributed by atoms with Crippen molar-refractivity contribution in [1.29, 1.82) is 0 Å². The van der Waals surface area contributed by atoms with E-state index in [-0.39, 0.29) is 31.1 Å². The van der Waals surface area contributed by atoms with E-state index in [1.807, 2.05) is 13.0 Å².